The monoisotopic (exact) mass is 447 g/mol. The number of nitrogens with zero attached hydrogens (tertiary/aromatic N) is 4. The quantitative estimate of drug-likeness (QED) is 0.534. The number of hydrogen-bond donors (Lipinski definition) is 1. The highest BCUT2D eigenvalue weighted by Crippen LogP contribution is 2.29. The van der Waals surface area contributed by atoms with E-state index < -0.39 is 0 Å². The number of benzene rings is 2. The van der Waals surface area contributed by atoms with Gasteiger partial charge in [-0.3, -0.25) is 4.79 Å². The van der Waals surface area contributed by atoms with E-state index in [-0.39, 0.29) is 5.91 Å². The third kappa shape index (κ3) is 4.95. The van der Waals surface area contributed by atoms with Crippen molar-refractivity contribution in [2.45, 2.75) is 0 Å². The van der Waals surface area contributed by atoms with Gasteiger partial charge in [0.2, 0.25) is 0 Å². The average molecular weight is 448 g/mol. The van der Waals surface area contributed by atoms with Gasteiger partial charge in [0, 0.05) is 62.7 Å². The van der Waals surface area contributed by atoms with Crippen molar-refractivity contribution in [3.63, 3.8) is 0 Å². The first kappa shape index (κ1) is 22.3. The molecule has 0 atom stereocenters. The predicted molar refractivity (Wildman–Crippen MR) is 130 cm³/mol. The molecule has 2 aromatic carbocycles. The summed E-state index contributed by atoms with van der Waals surface area (Å²) in [5.41, 5.74) is 2.39. The molecule has 1 N–H and O–H groups in total. The normalized spacial score (nSPS) is 13.5. The van der Waals surface area contributed by atoms with Gasteiger partial charge in [0.15, 0.2) is 0 Å². The number of piperazine rings is 1. The van der Waals surface area contributed by atoms with Gasteiger partial charge in [0.1, 0.15) is 23.0 Å². The standard InChI is InChI=1S/C25H29N5O3/c1-4-10-26-24-18-23(30(27-24)19-8-6-5-7-9-19)25(31)29-13-11-28(12-14-29)20-15-21(32-2)17-22(16-20)33-3/h4-9,15-18H,1,10-14H2,2-3H3,(H,26,27). The molecule has 1 amide bonds. The predicted octanol–water partition coefficient (Wildman–Crippen LogP) is 3.45. The lowest BCUT2D eigenvalue weighted by molar-refractivity contribution is 0.0737. The van der Waals surface area contributed by atoms with E-state index in [1.54, 1.807) is 31.0 Å². The maximum atomic E-state index is 13.5. The van der Waals surface area contributed by atoms with Gasteiger partial charge < -0.3 is 24.6 Å². The summed E-state index contributed by atoms with van der Waals surface area (Å²) in [7, 11) is 3.28. The molecule has 1 aliphatic rings. The van der Waals surface area contributed by atoms with E-state index in [0.717, 1.165) is 22.9 Å². The van der Waals surface area contributed by atoms with Gasteiger partial charge >= 0.3 is 0 Å². The number of methoxy groups -OCH3 is 2. The van der Waals surface area contributed by atoms with Gasteiger partial charge in [0.25, 0.3) is 5.91 Å². The topological polar surface area (TPSA) is 71.9 Å². The van der Waals surface area contributed by atoms with Crippen molar-refractivity contribution in [1.29, 1.82) is 0 Å². The Morgan fingerprint density at radius 1 is 1.00 bits per heavy atom. The molecule has 0 saturated carbocycles. The van der Waals surface area contributed by atoms with Crippen LogP contribution >= 0.6 is 0 Å². The first-order chi connectivity index (χ1) is 16.1. The van der Waals surface area contributed by atoms with E-state index in [2.05, 4.69) is 21.9 Å². The Bertz CT molecular complexity index is 1080. The van der Waals surface area contributed by atoms with E-state index in [1.807, 2.05) is 53.4 Å². The number of anilines is 2. The van der Waals surface area contributed by atoms with Crippen LogP contribution in [0.25, 0.3) is 5.69 Å². The first-order valence-electron chi connectivity index (χ1n) is 10.9. The molecule has 0 radical (unpaired) electrons. The van der Waals surface area contributed by atoms with Gasteiger partial charge in [-0.25, -0.2) is 4.68 Å². The second-order valence-electron chi connectivity index (χ2n) is 7.68. The van der Waals surface area contributed by atoms with Gasteiger partial charge in [-0.15, -0.1) is 11.7 Å². The number of carbonyl (C=O) groups is 1. The van der Waals surface area contributed by atoms with Crippen LogP contribution in [0.5, 0.6) is 11.5 Å². The summed E-state index contributed by atoms with van der Waals surface area (Å²) in [5, 5.41) is 7.79. The largest absolute Gasteiger partial charge is 0.497 e. The smallest absolute Gasteiger partial charge is 0.272 e. The van der Waals surface area contributed by atoms with E-state index in [4.69, 9.17) is 9.47 Å². The Morgan fingerprint density at radius 2 is 1.67 bits per heavy atom. The summed E-state index contributed by atoms with van der Waals surface area (Å²) in [6, 6.07) is 17.3. The maximum Gasteiger partial charge on any atom is 0.272 e. The Labute approximate surface area is 194 Å². The van der Waals surface area contributed by atoms with Crippen molar-refractivity contribution < 1.29 is 14.3 Å². The van der Waals surface area contributed by atoms with Gasteiger partial charge in [-0.2, -0.15) is 0 Å². The zero-order chi connectivity index (χ0) is 23.2. The van der Waals surface area contributed by atoms with Crippen molar-refractivity contribution in [3.05, 3.63) is 72.9 Å². The van der Waals surface area contributed by atoms with Crippen molar-refractivity contribution >= 4 is 17.4 Å². The molecule has 8 heteroatoms. The number of aromatic nitrogens is 2. The second kappa shape index (κ2) is 10.1. The van der Waals surface area contributed by atoms with Crippen molar-refractivity contribution in [2.24, 2.45) is 0 Å². The summed E-state index contributed by atoms with van der Waals surface area (Å²) in [4.78, 5) is 17.6. The molecular weight excluding hydrogens is 418 g/mol. The first-order valence-corrected chi connectivity index (χ1v) is 10.9. The molecule has 172 valence electrons. The Hall–Kier alpha value is -3.94. The molecule has 1 aromatic heterocycles. The molecule has 1 saturated heterocycles. The SMILES string of the molecule is C=CCNc1cc(C(=O)N2CCN(c3cc(OC)cc(OC)c3)CC2)n(-c2ccccc2)n1. The van der Waals surface area contributed by atoms with Gasteiger partial charge in [-0.1, -0.05) is 24.3 Å². The summed E-state index contributed by atoms with van der Waals surface area (Å²) in [5.74, 6) is 2.09. The minimum Gasteiger partial charge on any atom is -0.497 e. The molecule has 3 aromatic rings. The van der Waals surface area contributed by atoms with E-state index >= 15 is 0 Å². The minimum absolute atomic E-state index is 0.0409. The number of carbonyl (C=O) groups excluding carboxylic acids is 1. The van der Waals surface area contributed by atoms with Crippen LogP contribution in [0.3, 0.4) is 0 Å². The average Bonchev–Trinajstić information content (AvgIpc) is 3.31. The van der Waals surface area contributed by atoms with E-state index in [0.29, 0.717) is 44.2 Å². The molecule has 1 aliphatic heterocycles. The van der Waals surface area contributed by atoms with Crippen LogP contribution < -0.4 is 19.7 Å². The molecule has 0 aliphatic carbocycles. The molecule has 0 unspecified atom stereocenters. The highest BCUT2D eigenvalue weighted by molar-refractivity contribution is 5.94. The van der Waals surface area contributed by atoms with E-state index in [9.17, 15) is 4.79 Å². The number of nitrogens with one attached hydrogen (secondary N) is 1. The maximum absolute atomic E-state index is 13.5. The van der Waals surface area contributed by atoms with Crippen molar-refractivity contribution in [3.8, 4) is 17.2 Å². The van der Waals surface area contributed by atoms with E-state index in [1.165, 1.54) is 0 Å². The fourth-order valence-electron chi connectivity index (χ4n) is 3.87. The summed E-state index contributed by atoms with van der Waals surface area (Å²) in [6.45, 7) is 6.94. The highest BCUT2D eigenvalue weighted by Gasteiger charge is 2.26. The highest BCUT2D eigenvalue weighted by atomic mass is 16.5. The summed E-state index contributed by atoms with van der Waals surface area (Å²) < 4.78 is 12.5. The van der Waals surface area contributed by atoms with Gasteiger partial charge in [-0.05, 0) is 12.1 Å². The Balaban J connectivity index is 1.52. The van der Waals surface area contributed by atoms with Crippen LogP contribution in [-0.2, 0) is 0 Å². The third-order valence-corrected chi connectivity index (χ3v) is 5.62. The summed E-state index contributed by atoms with van der Waals surface area (Å²) >= 11 is 0. The fourth-order valence-corrected chi connectivity index (χ4v) is 3.87. The lowest BCUT2D eigenvalue weighted by atomic mass is 10.2. The van der Waals surface area contributed by atoms with Crippen LogP contribution in [0.15, 0.2) is 67.3 Å². The zero-order valence-corrected chi connectivity index (χ0v) is 19.0. The summed E-state index contributed by atoms with van der Waals surface area (Å²) in [6.07, 6.45) is 1.76. The number of rotatable bonds is 8. The number of ether oxygens (including phenoxy) is 2. The lowest BCUT2D eigenvalue weighted by Gasteiger charge is -2.36. The third-order valence-electron chi connectivity index (χ3n) is 5.62. The fraction of sp³-hybridized carbons (Fsp3) is 0.280. The van der Waals surface area contributed by atoms with Crippen LogP contribution in [0, 0.1) is 0 Å². The minimum atomic E-state index is -0.0409. The van der Waals surface area contributed by atoms with Crippen LogP contribution in [-0.4, -0.2) is 67.5 Å². The van der Waals surface area contributed by atoms with Crippen molar-refractivity contribution in [1.82, 2.24) is 14.7 Å². The number of para-hydroxylation sites is 1. The molecule has 4 rings (SSSR count). The van der Waals surface area contributed by atoms with Crippen molar-refractivity contribution in [2.75, 3.05) is 57.2 Å². The lowest BCUT2D eigenvalue weighted by Crippen LogP contribution is -2.49. The number of hydrogen-bond acceptors (Lipinski definition) is 6. The second-order valence-corrected chi connectivity index (χ2v) is 7.68. The zero-order valence-electron chi connectivity index (χ0n) is 19.0. The van der Waals surface area contributed by atoms with Crippen LogP contribution in [0.2, 0.25) is 0 Å². The number of amides is 1. The Kier molecular flexibility index (Phi) is 6.83. The molecule has 0 spiro atoms. The molecule has 0 bridgehead atoms. The van der Waals surface area contributed by atoms with Gasteiger partial charge in [0.05, 0.1) is 19.9 Å². The molecular formula is C25H29N5O3. The molecule has 1 fully saturated rings. The molecule has 8 nitrogen and oxygen atoms in total. The Morgan fingerprint density at radius 3 is 2.27 bits per heavy atom. The molecule has 33 heavy (non-hydrogen) atoms. The van der Waals surface area contributed by atoms with Crippen LogP contribution in [0.1, 0.15) is 10.5 Å². The molecule has 2 heterocycles. The van der Waals surface area contributed by atoms with Crippen LogP contribution in [0.4, 0.5) is 11.5 Å².